The molecule has 3 amide bonds. The van der Waals surface area contributed by atoms with Gasteiger partial charge >= 0.3 is 6.03 Å². The Kier molecular flexibility index (Phi) is 7.13. The smallest absolute Gasteiger partial charge is 0.319 e. The summed E-state index contributed by atoms with van der Waals surface area (Å²) >= 11 is 0. The molecule has 0 aliphatic heterocycles. The van der Waals surface area contributed by atoms with E-state index in [1.165, 1.54) is 30.2 Å². The Labute approximate surface area is 191 Å². The Bertz CT molecular complexity index is 1060. The maximum Gasteiger partial charge on any atom is 0.319 e. The molecule has 10 heteroatoms. The molecule has 0 bridgehead atoms. The molecule has 10 nitrogen and oxygen atoms in total. The van der Waals surface area contributed by atoms with Gasteiger partial charge in [-0.3, -0.25) is 4.79 Å². The van der Waals surface area contributed by atoms with E-state index >= 15 is 0 Å². The lowest BCUT2D eigenvalue weighted by Crippen LogP contribution is -2.28. The Morgan fingerprint density at radius 3 is 2.55 bits per heavy atom. The van der Waals surface area contributed by atoms with Gasteiger partial charge in [0.1, 0.15) is 24.8 Å². The number of urea groups is 1. The molecule has 1 aliphatic rings. The average Bonchev–Trinajstić information content (AvgIpc) is 3.54. The molecule has 0 spiro atoms. The van der Waals surface area contributed by atoms with E-state index in [1.807, 2.05) is 12.1 Å². The predicted octanol–water partition coefficient (Wildman–Crippen LogP) is 3.52. The molecular weight excluding hydrogens is 422 g/mol. The molecule has 33 heavy (non-hydrogen) atoms. The average molecular weight is 450 g/mol. The highest BCUT2D eigenvalue weighted by molar-refractivity contribution is 5.94. The molecule has 2 heterocycles. The molecule has 4 rings (SSSR count). The highest BCUT2D eigenvalue weighted by atomic mass is 16.5. The second kappa shape index (κ2) is 10.6. The number of hydrogen-bond donors (Lipinski definition) is 3. The van der Waals surface area contributed by atoms with E-state index in [0.717, 1.165) is 18.4 Å². The minimum absolute atomic E-state index is 0.200. The molecule has 2 aromatic heterocycles. The minimum Gasteiger partial charge on any atom is -0.474 e. The molecule has 1 fully saturated rings. The number of amides is 3. The number of pyridine rings is 1. The highest BCUT2D eigenvalue weighted by Crippen LogP contribution is 2.25. The van der Waals surface area contributed by atoms with Crippen molar-refractivity contribution in [2.75, 3.05) is 10.6 Å². The SMILES string of the molecule is C[C@H](C(=O)Nc1ccc(NC(=O)NCc2cccnc2OC2CCCC2)cc1)n1cncn1. The van der Waals surface area contributed by atoms with Gasteiger partial charge in [-0.2, -0.15) is 5.10 Å². The highest BCUT2D eigenvalue weighted by Gasteiger charge is 2.19. The summed E-state index contributed by atoms with van der Waals surface area (Å²) in [7, 11) is 0. The van der Waals surface area contributed by atoms with E-state index in [-0.39, 0.29) is 18.0 Å². The van der Waals surface area contributed by atoms with Crippen LogP contribution in [0.3, 0.4) is 0 Å². The van der Waals surface area contributed by atoms with E-state index in [4.69, 9.17) is 4.74 Å². The fraction of sp³-hybridized carbons (Fsp3) is 0.348. The summed E-state index contributed by atoms with van der Waals surface area (Å²) in [4.78, 5) is 32.9. The number of benzene rings is 1. The number of nitrogens with one attached hydrogen (secondary N) is 3. The lowest BCUT2D eigenvalue weighted by atomic mass is 10.2. The molecule has 1 atom stereocenters. The largest absolute Gasteiger partial charge is 0.474 e. The lowest BCUT2D eigenvalue weighted by Gasteiger charge is -2.16. The van der Waals surface area contributed by atoms with Crippen molar-refractivity contribution >= 4 is 23.3 Å². The van der Waals surface area contributed by atoms with Gasteiger partial charge in [-0.15, -0.1) is 0 Å². The van der Waals surface area contributed by atoms with Crippen molar-refractivity contribution in [1.82, 2.24) is 25.1 Å². The molecule has 3 aromatic rings. The van der Waals surface area contributed by atoms with Crippen LogP contribution >= 0.6 is 0 Å². The summed E-state index contributed by atoms with van der Waals surface area (Å²) in [6.45, 7) is 2.03. The van der Waals surface area contributed by atoms with Crippen LogP contribution in [0.15, 0.2) is 55.2 Å². The van der Waals surface area contributed by atoms with Crippen LogP contribution in [-0.4, -0.2) is 37.8 Å². The number of ether oxygens (including phenoxy) is 1. The van der Waals surface area contributed by atoms with Gasteiger partial charge in [0.25, 0.3) is 0 Å². The molecule has 1 saturated carbocycles. The van der Waals surface area contributed by atoms with Gasteiger partial charge in [-0.25, -0.2) is 19.4 Å². The maximum atomic E-state index is 12.4. The van der Waals surface area contributed by atoms with Crippen LogP contribution in [0.4, 0.5) is 16.2 Å². The topological polar surface area (TPSA) is 123 Å². The van der Waals surface area contributed by atoms with Gasteiger partial charge in [0.05, 0.1) is 0 Å². The number of aromatic nitrogens is 4. The summed E-state index contributed by atoms with van der Waals surface area (Å²) < 4.78 is 7.49. The first kappa shape index (κ1) is 22.3. The van der Waals surface area contributed by atoms with Crippen LogP contribution in [0.25, 0.3) is 0 Å². The van der Waals surface area contributed by atoms with Gasteiger partial charge in [-0.1, -0.05) is 6.07 Å². The van der Waals surface area contributed by atoms with Crippen molar-refractivity contribution in [2.24, 2.45) is 0 Å². The standard InChI is InChI=1S/C23H27N7O3/c1-16(30-15-24-14-27-30)21(31)28-18-8-10-19(11-9-18)29-23(32)26-13-17-5-4-12-25-22(17)33-20-6-2-3-7-20/h4-5,8-12,14-16,20H,2-3,6-7,13H2,1H3,(H,28,31)(H2,26,29,32)/t16-/m1/s1. The van der Waals surface area contributed by atoms with Crippen LogP contribution in [0.5, 0.6) is 5.88 Å². The monoisotopic (exact) mass is 449 g/mol. The molecular formula is C23H27N7O3. The maximum absolute atomic E-state index is 12.4. The van der Waals surface area contributed by atoms with E-state index in [9.17, 15) is 9.59 Å². The first-order valence-electron chi connectivity index (χ1n) is 11.0. The van der Waals surface area contributed by atoms with E-state index < -0.39 is 6.04 Å². The molecule has 172 valence electrons. The normalized spacial score (nSPS) is 14.5. The number of nitrogens with zero attached hydrogens (tertiary/aromatic N) is 4. The van der Waals surface area contributed by atoms with Crippen LogP contribution in [-0.2, 0) is 11.3 Å². The number of anilines is 2. The zero-order valence-electron chi connectivity index (χ0n) is 18.4. The van der Waals surface area contributed by atoms with Crippen molar-refractivity contribution in [3.05, 3.63) is 60.8 Å². The minimum atomic E-state index is -0.494. The molecule has 1 aliphatic carbocycles. The van der Waals surface area contributed by atoms with E-state index in [2.05, 4.69) is 31.0 Å². The third-order valence-corrected chi connectivity index (χ3v) is 5.49. The van der Waals surface area contributed by atoms with E-state index in [1.54, 1.807) is 37.4 Å². The van der Waals surface area contributed by atoms with Crippen LogP contribution < -0.4 is 20.7 Å². The quantitative estimate of drug-likeness (QED) is 0.484. The van der Waals surface area contributed by atoms with Crippen LogP contribution in [0, 0.1) is 0 Å². The van der Waals surface area contributed by atoms with Gasteiger partial charge in [0.15, 0.2) is 0 Å². The van der Waals surface area contributed by atoms with Gasteiger partial charge in [-0.05, 0) is 62.9 Å². The Hall–Kier alpha value is -3.95. The van der Waals surface area contributed by atoms with Crippen molar-refractivity contribution in [3.63, 3.8) is 0 Å². The lowest BCUT2D eigenvalue weighted by molar-refractivity contribution is -0.119. The molecule has 0 unspecified atom stereocenters. The fourth-order valence-electron chi connectivity index (χ4n) is 3.60. The molecule has 1 aromatic carbocycles. The van der Waals surface area contributed by atoms with Crippen molar-refractivity contribution in [3.8, 4) is 5.88 Å². The van der Waals surface area contributed by atoms with Crippen molar-refractivity contribution in [1.29, 1.82) is 0 Å². The second-order valence-electron chi connectivity index (χ2n) is 7.92. The summed E-state index contributed by atoms with van der Waals surface area (Å²) in [5.74, 6) is 0.357. The number of carbonyl (C=O) groups excluding carboxylic acids is 2. The Morgan fingerprint density at radius 2 is 1.85 bits per heavy atom. The number of rotatable bonds is 8. The number of carbonyl (C=O) groups is 2. The van der Waals surface area contributed by atoms with Crippen molar-refractivity contribution < 1.29 is 14.3 Å². The van der Waals surface area contributed by atoms with Crippen LogP contribution in [0.1, 0.15) is 44.2 Å². The second-order valence-corrected chi connectivity index (χ2v) is 7.92. The summed E-state index contributed by atoms with van der Waals surface area (Å²) in [6.07, 6.45) is 9.21. The zero-order valence-corrected chi connectivity index (χ0v) is 18.4. The first-order valence-corrected chi connectivity index (χ1v) is 11.0. The van der Waals surface area contributed by atoms with Gasteiger partial charge in [0.2, 0.25) is 11.8 Å². The zero-order chi connectivity index (χ0) is 23.0. The Balaban J connectivity index is 1.26. The molecule has 3 N–H and O–H groups in total. The fourth-order valence-corrected chi connectivity index (χ4v) is 3.60. The summed E-state index contributed by atoms with van der Waals surface area (Å²) in [6, 6.07) is 9.75. The van der Waals surface area contributed by atoms with E-state index in [0.29, 0.717) is 23.8 Å². The summed E-state index contributed by atoms with van der Waals surface area (Å²) in [5, 5.41) is 12.4. The first-order chi connectivity index (χ1) is 16.1. The van der Waals surface area contributed by atoms with Crippen molar-refractivity contribution in [2.45, 2.75) is 51.3 Å². The van der Waals surface area contributed by atoms with Gasteiger partial charge < -0.3 is 20.7 Å². The van der Waals surface area contributed by atoms with Crippen LogP contribution in [0.2, 0.25) is 0 Å². The number of hydrogen-bond acceptors (Lipinski definition) is 6. The van der Waals surface area contributed by atoms with Gasteiger partial charge in [0, 0.05) is 29.7 Å². The Morgan fingerprint density at radius 1 is 1.12 bits per heavy atom. The molecule has 0 radical (unpaired) electrons. The summed E-state index contributed by atoms with van der Waals surface area (Å²) in [5.41, 5.74) is 2.05. The third kappa shape index (κ3) is 6.06. The molecule has 0 saturated heterocycles. The third-order valence-electron chi connectivity index (χ3n) is 5.49. The predicted molar refractivity (Wildman–Crippen MR) is 123 cm³/mol.